The Morgan fingerprint density at radius 1 is 0.469 bits per heavy atom. The third-order valence-electron chi connectivity index (χ3n) is 5.57. The van der Waals surface area contributed by atoms with Crippen LogP contribution < -0.4 is 0 Å². The molecule has 0 aliphatic heterocycles. The zero-order chi connectivity index (χ0) is 22.4. The molecule has 0 aliphatic carbocycles. The Morgan fingerprint density at radius 2 is 0.812 bits per heavy atom. The van der Waals surface area contributed by atoms with Crippen molar-refractivity contribution in [2.45, 2.75) is 52.4 Å². The third kappa shape index (κ3) is 3.55. The Labute approximate surface area is 212 Å². The van der Waals surface area contributed by atoms with Crippen LogP contribution in [0.3, 0.4) is 0 Å². The average Bonchev–Trinajstić information content (AvgIpc) is 3.44. The van der Waals surface area contributed by atoms with Gasteiger partial charge in [-0.25, -0.2) is 0 Å². The van der Waals surface area contributed by atoms with Crippen LogP contribution in [-0.2, 0) is 10.8 Å². The standard InChI is InChI=1S/C26H24S6/c1-25(2,3)19-11-17-23(31-19)21-15(29-17)9-13(27-21)7-8-14-10-16-22(28-14)24-18(30-16)12-20(32-24)26(4,5)6/h7-12H,1-6H3/b8-7+. The van der Waals surface area contributed by atoms with Crippen molar-refractivity contribution in [3.63, 3.8) is 0 Å². The molecule has 6 aromatic rings. The van der Waals surface area contributed by atoms with Gasteiger partial charge in [0.15, 0.2) is 0 Å². The molecule has 0 fully saturated rings. The second-order valence-corrected chi connectivity index (χ2v) is 16.8. The molecule has 164 valence electrons. The number of hydrogen-bond acceptors (Lipinski definition) is 6. The van der Waals surface area contributed by atoms with Gasteiger partial charge >= 0.3 is 0 Å². The molecule has 6 heterocycles. The lowest BCUT2D eigenvalue weighted by atomic mass is 9.95. The summed E-state index contributed by atoms with van der Waals surface area (Å²) in [6, 6.07) is 9.55. The first-order valence-corrected chi connectivity index (χ1v) is 15.6. The highest BCUT2D eigenvalue weighted by Gasteiger charge is 2.21. The number of rotatable bonds is 2. The maximum atomic E-state index is 2.40. The largest absolute Gasteiger partial charge is 0.137 e. The van der Waals surface area contributed by atoms with Crippen LogP contribution in [0.4, 0.5) is 0 Å². The first kappa shape index (κ1) is 21.5. The molecule has 0 atom stereocenters. The van der Waals surface area contributed by atoms with Gasteiger partial charge in [0, 0.05) is 38.3 Å². The quantitative estimate of drug-likeness (QED) is 0.210. The maximum absolute atomic E-state index is 2.40. The van der Waals surface area contributed by atoms with Gasteiger partial charge in [-0.1, -0.05) is 41.5 Å². The molecule has 6 heteroatoms. The van der Waals surface area contributed by atoms with Gasteiger partial charge in [-0.2, -0.15) is 0 Å². The van der Waals surface area contributed by atoms with E-state index in [0.29, 0.717) is 0 Å². The molecular weight excluding hydrogens is 505 g/mol. The summed E-state index contributed by atoms with van der Waals surface area (Å²) >= 11 is 11.7. The van der Waals surface area contributed by atoms with Crippen molar-refractivity contribution < 1.29 is 0 Å². The molecule has 0 bridgehead atoms. The van der Waals surface area contributed by atoms with E-state index >= 15 is 0 Å². The molecule has 6 rings (SSSR count). The van der Waals surface area contributed by atoms with Crippen LogP contribution in [0.15, 0.2) is 24.3 Å². The zero-order valence-corrected chi connectivity index (χ0v) is 23.8. The SMILES string of the molecule is CC(C)(C)c1cc2sc3cc(/C=C/c4cc5sc6cc(C(C)(C)C)sc6c5s4)sc3c2s1. The number of thiophene rings is 6. The molecule has 6 aromatic heterocycles. The molecule has 0 radical (unpaired) electrons. The van der Waals surface area contributed by atoms with Crippen molar-refractivity contribution in [2.24, 2.45) is 0 Å². The molecule has 0 aliphatic rings. The van der Waals surface area contributed by atoms with E-state index in [9.17, 15) is 0 Å². The molecule has 0 N–H and O–H groups in total. The normalized spacial score (nSPS) is 13.8. The molecule has 0 aromatic carbocycles. The molecule has 0 spiro atoms. The minimum Gasteiger partial charge on any atom is -0.137 e. The Morgan fingerprint density at radius 3 is 1.19 bits per heavy atom. The summed E-state index contributed by atoms with van der Waals surface area (Å²) in [6.07, 6.45) is 4.62. The number of hydrogen-bond donors (Lipinski definition) is 0. The van der Waals surface area contributed by atoms with Crippen LogP contribution in [0.2, 0.25) is 0 Å². The summed E-state index contributed by atoms with van der Waals surface area (Å²) in [6.45, 7) is 13.8. The molecule has 0 nitrogen and oxygen atoms in total. The monoisotopic (exact) mass is 528 g/mol. The van der Waals surface area contributed by atoms with Crippen LogP contribution in [0, 0.1) is 0 Å². The van der Waals surface area contributed by atoms with Crippen LogP contribution >= 0.6 is 68.0 Å². The highest BCUT2D eigenvalue weighted by atomic mass is 32.1. The Balaban J connectivity index is 1.33. The van der Waals surface area contributed by atoms with Crippen LogP contribution in [-0.4, -0.2) is 0 Å². The van der Waals surface area contributed by atoms with E-state index < -0.39 is 0 Å². The predicted molar refractivity (Wildman–Crippen MR) is 156 cm³/mol. The molecule has 0 amide bonds. The van der Waals surface area contributed by atoms with E-state index in [4.69, 9.17) is 0 Å². The fraction of sp³-hybridized carbons (Fsp3) is 0.308. The smallest absolute Gasteiger partial charge is 0.0635 e. The van der Waals surface area contributed by atoms with Gasteiger partial charge in [0.1, 0.15) is 0 Å². The zero-order valence-electron chi connectivity index (χ0n) is 18.9. The summed E-state index contributed by atoms with van der Waals surface area (Å²) in [4.78, 5) is 5.68. The number of fused-ring (bicyclic) bond motifs is 6. The van der Waals surface area contributed by atoms with Crippen molar-refractivity contribution >= 4 is 118 Å². The lowest BCUT2D eigenvalue weighted by Crippen LogP contribution is -2.07. The second-order valence-electron chi connectivity index (χ2n) is 10.3. The van der Waals surface area contributed by atoms with Crippen molar-refractivity contribution in [1.82, 2.24) is 0 Å². The van der Waals surface area contributed by atoms with Gasteiger partial charge in [0.25, 0.3) is 0 Å². The van der Waals surface area contributed by atoms with Crippen LogP contribution in [0.25, 0.3) is 49.8 Å². The van der Waals surface area contributed by atoms with Gasteiger partial charge in [0.05, 0.1) is 18.8 Å². The predicted octanol–water partition coefficient (Wildman–Crippen LogP) is 11.4. The highest BCUT2D eigenvalue weighted by molar-refractivity contribution is 7.39. The Hall–Kier alpha value is -1.02. The van der Waals surface area contributed by atoms with Gasteiger partial charge in [-0.15, -0.1) is 68.0 Å². The minimum atomic E-state index is 0.226. The molecular formula is C26H24S6. The van der Waals surface area contributed by atoms with E-state index in [-0.39, 0.29) is 10.8 Å². The fourth-order valence-electron chi connectivity index (χ4n) is 3.77. The van der Waals surface area contributed by atoms with Gasteiger partial charge in [-0.05, 0) is 47.2 Å². The average molecular weight is 529 g/mol. The van der Waals surface area contributed by atoms with Crippen LogP contribution in [0.5, 0.6) is 0 Å². The van der Waals surface area contributed by atoms with Crippen molar-refractivity contribution in [3.05, 3.63) is 43.8 Å². The van der Waals surface area contributed by atoms with Crippen molar-refractivity contribution in [2.75, 3.05) is 0 Å². The van der Waals surface area contributed by atoms with Crippen LogP contribution in [0.1, 0.15) is 61.1 Å². The highest BCUT2D eigenvalue weighted by Crippen LogP contribution is 2.48. The topological polar surface area (TPSA) is 0 Å². The van der Waals surface area contributed by atoms with Gasteiger partial charge in [-0.3, -0.25) is 0 Å². The van der Waals surface area contributed by atoms with E-state index in [2.05, 4.69) is 78.0 Å². The minimum absolute atomic E-state index is 0.226. The molecule has 32 heavy (non-hydrogen) atoms. The molecule has 0 saturated heterocycles. The van der Waals surface area contributed by atoms with E-state index in [1.54, 1.807) is 0 Å². The van der Waals surface area contributed by atoms with Crippen molar-refractivity contribution in [1.29, 1.82) is 0 Å². The van der Waals surface area contributed by atoms with E-state index in [1.807, 2.05) is 68.0 Å². The molecule has 0 saturated carbocycles. The molecule has 0 unspecified atom stereocenters. The Bertz CT molecular complexity index is 1510. The summed E-state index contributed by atoms with van der Waals surface area (Å²) in [5, 5.41) is 0. The van der Waals surface area contributed by atoms with Crippen molar-refractivity contribution in [3.8, 4) is 0 Å². The second kappa shape index (κ2) is 7.24. The van der Waals surface area contributed by atoms with Gasteiger partial charge in [0.2, 0.25) is 0 Å². The van der Waals surface area contributed by atoms with Gasteiger partial charge < -0.3 is 0 Å². The third-order valence-corrected chi connectivity index (χ3v) is 13.9. The fourth-order valence-corrected chi connectivity index (χ4v) is 11.8. The maximum Gasteiger partial charge on any atom is 0.0635 e. The summed E-state index contributed by atoms with van der Waals surface area (Å²) in [5.41, 5.74) is 0.451. The van der Waals surface area contributed by atoms with E-state index in [1.165, 1.54) is 57.1 Å². The lowest BCUT2D eigenvalue weighted by Gasteiger charge is -2.14. The summed E-state index contributed by atoms with van der Waals surface area (Å²) < 4.78 is 11.6. The lowest BCUT2D eigenvalue weighted by molar-refractivity contribution is 0.604. The Kier molecular flexibility index (Phi) is 4.87. The summed E-state index contributed by atoms with van der Waals surface area (Å²) in [7, 11) is 0. The first-order chi connectivity index (χ1) is 15.1. The first-order valence-electron chi connectivity index (χ1n) is 10.7. The van der Waals surface area contributed by atoms with E-state index in [0.717, 1.165) is 0 Å². The summed E-state index contributed by atoms with van der Waals surface area (Å²) in [5.74, 6) is 0.